The lowest BCUT2D eigenvalue weighted by Gasteiger charge is -2.30. The molecule has 1 aromatic rings. The summed E-state index contributed by atoms with van der Waals surface area (Å²) >= 11 is 0. The van der Waals surface area contributed by atoms with Gasteiger partial charge in [0.15, 0.2) is 0 Å². The minimum Gasteiger partial charge on any atom is -0.322 e. The molecular weight excluding hydrogens is 368 g/mol. The summed E-state index contributed by atoms with van der Waals surface area (Å²) in [6, 6.07) is 5.95. The molecule has 1 unspecified atom stereocenters. The Balaban J connectivity index is 1.49. The Labute approximate surface area is 171 Å². The second-order valence-corrected chi connectivity index (χ2v) is 8.33. The van der Waals surface area contributed by atoms with Gasteiger partial charge in [0.2, 0.25) is 11.8 Å². The Morgan fingerprint density at radius 1 is 1.17 bits per heavy atom. The summed E-state index contributed by atoms with van der Waals surface area (Å²) in [5, 5.41) is 5.97. The van der Waals surface area contributed by atoms with E-state index >= 15 is 0 Å². The number of carbonyl (C=O) groups excluding carboxylic acids is 3. The van der Waals surface area contributed by atoms with Crippen molar-refractivity contribution in [1.82, 2.24) is 20.4 Å². The monoisotopic (exact) mass is 398 g/mol. The van der Waals surface area contributed by atoms with E-state index in [4.69, 9.17) is 0 Å². The van der Waals surface area contributed by atoms with Crippen molar-refractivity contribution in [2.75, 3.05) is 19.6 Å². The van der Waals surface area contributed by atoms with Crippen LogP contribution in [0.5, 0.6) is 0 Å². The Morgan fingerprint density at radius 2 is 2.03 bits per heavy atom. The molecule has 3 amide bonds. The fraction of sp³-hybridized carbons (Fsp3) is 0.591. The SMILES string of the molecule is CCN(Cc1cccc2c1C(=O)N(C1CCC(=O)NC1=O)C2)C[C@H]1CCCCN1. The van der Waals surface area contributed by atoms with E-state index in [-0.39, 0.29) is 24.1 Å². The highest BCUT2D eigenvalue weighted by Gasteiger charge is 2.40. The molecule has 2 N–H and O–H groups in total. The number of carbonyl (C=O) groups is 3. The minimum atomic E-state index is -0.561. The molecule has 0 saturated carbocycles. The number of nitrogens with zero attached hydrogens (tertiary/aromatic N) is 2. The molecule has 0 radical (unpaired) electrons. The number of likely N-dealkylation sites (N-methyl/N-ethyl adjacent to an activating group) is 1. The second-order valence-electron chi connectivity index (χ2n) is 8.33. The van der Waals surface area contributed by atoms with Gasteiger partial charge in [-0.15, -0.1) is 0 Å². The second kappa shape index (κ2) is 8.63. The molecule has 0 bridgehead atoms. The van der Waals surface area contributed by atoms with E-state index < -0.39 is 6.04 Å². The normalized spacial score (nSPS) is 24.8. The third-order valence-corrected chi connectivity index (χ3v) is 6.37. The topological polar surface area (TPSA) is 81.8 Å². The van der Waals surface area contributed by atoms with Crippen LogP contribution in [0.25, 0.3) is 0 Å². The van der Waals surface area contributed by atoms with Crippen LogP contribution in [0, 0.1) is 0 Å². The van der Waals surface area contributed by atoms with E-state index in [1.165, 1.54) is 19.3 Å². The molecule has 2 atom stereocenters. The minimum absolute atomic E-state index is 0.0862. The largest absolute Gasteiger partial charge is 0.322 e. The van der Waals surface area contributed by atoms with Gasteiger partial charge in [-0.3, -0.25) is 24.6 Å². The van der Waals surface area contributed by atoms with Gasteiger partial charge in [0.05, 0.1) is 0 Å². The molecule has 0 aromatic heterocycles. The number of piperidine rings is 2. The lowest BCUT2D eigenvalue weighted by molar-refractivity contribution is -0.136. The Morgan fingerprint density at radius 3 is 2.76 bits per heavy atom. The first-order valence-electron chi connectivity index (χ1n) is 10.8. The number of nitrogens with one attached hydrogen (secondary N) is 2. The van der Waals surface area contributed by atoms with E-state index in [1.807, 2.05) is 18.2 Å². The molecule has 1 aromatic carbocycles. The maximum absolute atomic E-state index is 13.2. The van der Waals surface area contributed by atoms with Gasteiger partial charge < -0.3 is 10.2 Å². The van der Waals surface area contributed by atoms with Crippen molar-refractivity contribution in [2.45, 2.75) is 64.2 Å². The van der Waals surface area contributed by atoms with Crippen LogP contribution in [-0.4, -0.2) is 59.2 Å². The summed E-state index contributed by atoms with van der Waals surface area (Å²) < 4.78 is 0. The van der Waals surface area contributed by atoms with Crippen LogP contribution in [0.15, 0.2) is 18.2 Å². The summed E-state index contributed by atoms with van der Waals surface area (Å²) in [5.41, 5.74) is 2.75. The Kier molecular flexibility index (Phi) is 5.96. The maximum atomic E-state index is 13.2. The van der Waals surface area contributed by atoms with Gasteiger partial charge in [0.1, 0.15) is 6.04 Å². The number of hydrogen-bond donors (Lipinski definition) is 2. The molecule has 2 saturated heterocycles. The fourth-order valence-electron chi connectivity index (χ4n) is 4.76. The zero-order chi connectivity index (χ0) is 20.4. The molecule has 29 heavy (non-hydrogen) atoms. The van der Waals surface area contributed by atoms with Crippen molar-refractivity contribution in [3.8, 4) is 0 Å². The van der Waals surface area contributed by atoms with Crippen LogP contribution in [0.1, 0.15) is 60.5 Å². The molecule has 3 aliphatic rings. The van der Waals surface area contributed by atoms with E-state index in [2.05, 4.69) is 22.5 Å². The molecule has 7 heteroatoms. The first-order valence-corrected chi connectivity index (χ1v) is 10.8. The highest BCUT2D eigenvalue weighted by molar-refractivity contribution is 6.05. The van der Waals surface area contributed by atoms with Gasteiger partial charge in [-0.2, -0.15) is 0 Å². The third kappa shape index (κ3) is 4.21. The fourth-order valence-corrected chi connectivity index (χ4v) is 4.76. The lowest BCUT2D eigenvalue weighted by atomic mass is 10.0. The molecule has 7 nitrogen and oxygen atoms in total. The van der Waals surface area contributed by atoms with Gasteiger partial charge >= 0.3 is 0 Å². The number of fused-ring (bicyclic) bond motifs is 1. The number of imide groups is 1. The van der Waals surface area contributed by atoms with Crippen molar-refractivity contribution in [2.24, 2.45) is 0 Å². The number of rotatable bonds is 6. The van der Waals surface area contributed by atoms with Crippen molar-refractivity contribution in [1.29, 1.82) is 0 Å². The number of hydrogen-bond acceptors (Lipinski definition) is 5. The summed E-state index contributed by atoms with van der Waals surface area (Å²) in [4.78, 5) is 41.0. The Hall–Kier alpha value is -2.25. The third-order valence-electron chi connectivity index (χ3n) is 6.37. The molecule has 4 rings (SSSR count). The van der Waals surface area contributed by atoms with Gasteiger partial charge in [0, 0.05) is 37.7 Å². The summed E-state index contributed by atoms with van der Waals surface area (Å²) in [6.07, 6.45) is 4.40. The van der Waals surface area contributed by atoms with Crippen molar-refractivity contribution in [3.05, 3.63) is 34.9 Å². The van der Waals surface area contributed by atoms with E-state index in [9.17, 15) is 14.4 Å². The zero-order valence-corrected chi connectivity index (χ0v) is 17.1. The van der Waals surface area contributed by atoms with Gasteiger partial charge in [0.25, 0.3) is 5.91 Å². The van der Waals surface area contributed by atoms with E-state index in [0.29, 0.717) is 19.0 Å². The highest BCUT2D eigenvalue weighted by Crippen LogP contribution is 2.30. The van der Waals surface area contributed by atoms with Crippen molar-refractivity contribution >= 4 is 17.7 Å². The average molecular weight is 399 g/mol. The van der Waals surface area contributed by atoms with Crippen LogP contribution in [0.2, 0.25) is 0 Å². The van der Waals surface area contributed by atoms with Crippen molar-refractivity contribution in [3.63, 3.8) is 0 Å². The van der Waals surface area contributed by atoms with Gasteiger partial charge in [-0.25, -0.2) is 0 Å². The predicted molar refractivity (Wildman–Crippen MR) is 109 cm³/mol. The maximum Gasteiger partial charge on any atom is 0.255 e. The van der Waals surface area contributed by atoms with Crippen molar-refractivity contribution < 1.29 is 14.4 Å². The van der Waals surface area contributed by atoms with E-state index in [0.717, 1.165) is 42.9 Å². The summed E-state index contributed by atoms with van der Waals surface area (Å²) in [7, 11) is 0. The highest BCUT2D eigenvalue weighted by atomic mass is 16.2. The van der Waals surface area contributed by atoms with Gasteiger partial charge in [-0.1, -0.05) is 31.5 Å². The predicted octanol–water partition coefficient (Wildman–Crippen LogP) is 1.41. The van der Waals surface area contributed by atoms with Crippen LogP contribution in [0.3, 0.4) is 0 Å². The standard InChI is InChI=1S/C22H30N4O3/c1-2-25(14-17-8-3-4-11-23-17)12-15-6-5-7-16-13-26(22(29)20(15)16)18-9-10-19(27)24-21(18)28/h5-7,17-18,23H,2-4,8-14H2,1H3,(H,24,27,28)/t17-,18?/m1/s1. The van der Waals surface area contributed by atoms with E-state index in [1.54, 1.807) is 4.90 Å². The molecule has 156 valence electrons. The molecule has 3 aliphatic heterocycles. The van der Waals surface area contributed by atoms with Crippen LogP contribution in [0.4, 0.5) is 0 Å². The van der Waals surface area contributed by atoms with Crippen LogP contribution >= 0.6 is 0 Å². The Bertz CT molecular complexity index is 803. The summed E-state index contributed by atoms with van der Waals surface area (Å²) in [5.74, 6) is -0.703. The molecule has 3 heterocycles. The van der Waals surface area contributed by atoms with Crippen LogP contribution in [-0.2, 0) is 22.7 Å². The van der Waals surface area contributed by atoms with Crippen LogP contribution < -0.4 is 10.6 Å². The first-order chi connectivity index (χ1) is 14.1. The molecular formula is C22H30N4O3. The lowest BCUT2D eigenvalue weighted by Crippen LogP contribution is -2.52. The number of benzene rings is 1. The quantitative estimate of drug-likeness (QED) is 0.708. The average Bonchev–Trinajstić information content (AvgIpc) is 3.05. The zero-order valence-electron chi connectivity index (χ0n) is 17.1. The summed E-state index contributed by atoms with van der Waals surface area (Å²) in [6.45, 7) is 6.31. The molecule has 0 spiro atoms. The molecule has 0 aliphatic carbocycles. The molecule has 2 fully saturated rings. The first kappa shape index (κ1) is 20.0. The smallest absolute Gasteiger partial charge is 0.255 e. The number of amides is 3. The van der Waals surface area contributed by atoms with Gasteiger partial charge in [-0.05, 0) is 43.5 Å².